The molecular formula is C26H24ClFN2O7. The first kappa shape index (κ1) is 25.0. The van der Waals surface area contributed by atoms with Crippen molar-refractivity contribution in [1.29, 1.82) is 0 Å². The molecule has 2 atom stereocenters. The highest BCUT2D eigenvalue weighted by Crippen LogP contribution is 2.40. The maximum Gasteiger partial charge on any atom is 0.447 e. The average Bonchev–Trinajstić information content (AvgIpc) is 3.11. The summed E-state index contributed by atoms with van der Waals surface area (Å²) in [6, 6.07) is 13.2. The van der Waals surface area contributed by atoms with Crippen molar-refractivity contribution in [3.63, 3.8) is 0 Å². The number of hydrogen-bond donors (Lipinski definition) is 0. The van der Waals surface area contributed by atoms with E-state index in [-0.39, 0.29) is 11.9 Å². The van der Waals surface area contributed by atoms with E-state index in [0.717, 1.165) is 17.7 Å². The van der Waals surface area contributed by atoms with Crippen LogP contribution in [0.25, 0.3) is 0 Å². The van der Waals surface area contributed by atoms with E-state index in [9.17, 15) is 18.8 Å². The van der Waals surface area contributed by atoms with Crippen LogP contribution in [0.2, 0.25) is 5.02 Å². The fraction of sp³-hybridized carbons (Fsp3) is 0.346. The predicted molar refractivity (Wildman–Crippen MR) is 128 cm³/mol. The van der Waals surface area contributed by atoms with Crippen molar-refractivity contribution in [2.75, 3.05) is 19.6 Å². The van der Waals surface area contributed by atoms with Crippen molar-refractivity contribution in [3.8, 4) is 5.75 Å². The third-order valence-corrected chi connectivity index (χ3v) is 6.90. The summed E-state index contributed by atoms with van der Waals surface area (Å²) in [6.07, 6.45) is 0.887. The van der Waals surface area contributed by atoms with Gasteiger partial charge in [0.05, 0.1) is 0 Å². The van der Waals surface area contributed by atoms with Crippen molar-refractivity contribution in [2.24, 2.45) is 0 Å². The molecule has 1 spiro atoms. The first-order chi connectivity index (χ1) is 17.8. The van der Waals surface area contributed by atoms with Gasteiger partial charge in [0.15, 0.2) is 5.60 Å². The molecule has 0 bridgehead atoms. The minimum atomic E-state index is -1.16. The largest absolute Gasteiger partial charge is 0.486 e. The lowest BCUT2D eigenvalue weighted by molar-refractivity contribution is -0.222. The van der Waals surface area contributed by atoms with Crippen molar-refractivity contribution >= 4 is 29.6 Å². The van der Waals surface area contributed by atoms with Crippen LogP contribution in [0, 0.1) is 5.82 Å². The normalized spacial score (nSPS) is 22.8. The second-order valence-electron chi connectivity index (χ2n) is 9.03. The number of carbonyl (C=O) groups excluding carboxylic acids is 3. The molecule has 1 amide bonds. The summed E-state index contributed by atoms with van der Waals surface area (Å²) < 4.78 is 30.5. The van der Waals surface area contributed by atoms with Gasteiger partial charge in [-0.2, -0.15) is 0 Å². The van der Waals surface area contributed by atoms with Crippen molar-refractivity contribution < 1.29 is 37.8 Å². The Morgan fingerprint density at radius 2 is 1.68 bits per heavy atom. The summed E-state index contributed by atoms with van der Waals surface area (Å²) in [7, 11) is 0. The lowest BCUT2D eigenvalue weighted by Crippen LogP contribution is -2.54. The van der Waals surface area contributed by atoms with Crippen molar-refractivity contribution in [2.45, 2.75) is 37.2 Å². The van der Waals surface area contributed by atoms with Gasteiger partial charge in [-0.3, -0.25) is 0 Å². The number of amides is 1. The molecular weight excluding hydrogens is 507 g/mol. The van der Waals surface area contributed by atoms with E-state index < -0.39 is 29.9 Å². The lowest BCUT2D eigenvalue weighted by atomic mass is 9.89. The van der Waals surface area contributed by atoms with Crippen LogP contribution in [0.15, 0.2) is 60.7 Å². The number of hydrogen-bond acceptors (Lipinski definition) is 8. The predicted octanol–water partition coefficient (Wildman–Crippen LogP) is 4.17. The highest BCUT2D eigenvalue weighted by molar-refractivity contribution is 6.30. The van der Waals surface area contributed by atoms with Gasteiger partial charge >= 0.3 is 18.0 Å². The molecule has 1 unspecified atom stereocenters. The third-order valence-electron chi connectivity index (χ3n) is 6.65. The molecule has 11 heteroatoms. The van der Waals surface area contributed by atoms with Gasteiger partial charge in [0, 0.05) is 56.1 Å². The molecule has 0 saturated carbocycles. The molecule has 2 fully saturated rings. The molecule has 3 aliphatic rings. The van der Waals surface area contributed by atoms with Gasteiger partial charge in [-0.25, -0.2) is 18.8 Å². The zero-order chi connectivity index (χ0) is 26.0. The first-order valence-corrected chi connectivity index (χ1v) is 12.2. The fourth-order valence-electron chi connectivity index (χ4n) is 4.68. The Kier molecular flexibility index (Phi) is 7.03. The molecule has 3 aliphatic heterocycles. The molecule has 9 nitrogen and oxygen atoms in total. The maximum absolute atomic E-state index is 13.4. The van der Waals surface area contributed by atoms with E-state index >= 15 is 0 Å². The summed E-state index contributed by atoms with van der Waals surface area (Å²) in [6.45, 7) is 1.75. The minimum Gasteiger partial charge on any atom is -0.486 e. The number of ether oxygens (including phenoxy) is 3. The monoisotopic (exact) mass is 530 g/mol. The fourth-order valence-corrected chi connectivity index (χ4v) is 4.81. The molecule has 5 rings (SSSR count). The number of rotatable bonds is 6. The molecule has 2 saturated heterocycles. The average molecular weight is 531 g/mol. The van der Waals surface area contributed by atoms with Crippen LogP contribution >= 0.6 is 11.6 Å². The van der Waals surface area contributed by atoms with Gasteiger partial charge < -0.3 is 23.9 Å². The van der Waals surface area contributed by atoms with Crippen LogP contribution in [-0.2, 0) is 23.9 Å². The van der Waals surface area contributed by atoms with Gasteiger partial charge in [-0.05, 0) is 42.0 Å². The Labute approximate surface area is 217 Å². The van der Waals surface area contributed by atoms with Crippen LogP contribution in [-0.4, -0.2) is 59.5 Å². The van der Waals surface area contributed by atoms with E-state index in [1.807, 2.05) is 12.1 Å². The van der Waals surface area contributed by atoms with Gasteiger partial charge in [0.1, 0.15) is 17.7 Å². The van der Waals surface area contributed by atoms with Crippen LogP contribution in [0.5, 0.6) is 5.75 Å². The van der Waals surface area contributed by atoms with Gasteiger partial charge in [0.25, 0.3) is 6.23 Å². The summed E-state index contributed by atoms with van der Waals surface area (Å²) in [5.74, 6) is -1.41. The quantitative estimate of drug-likeness (QED) is 0.514. The number of halogens is 2. The summed E-state index contributed by atoms with van der Waals surface area (Å²) >= 11 is 6.05. The highest BCUT2D eigenvalue weighted by Gasteiger charge is 2.59. The number of nitrogens with zero attached hydrogens (tertiary/aromatic N) is 2. The van der Waals surface area contributed by atoms with Gasteiger partial charge in [-0.1, -0.05) is 28.8 Å². The molecule has 37 heavy (non-hydrogen) atoms. The first-order valence-electron chi connectivity index (χ1n) is 11.8. The number of piperidine rings is 1. The topological polar surface area (TPSA) is 94.6 Å². The Balaban J connectivity index is 1.24. The molecule has 194 valence electrons. The van der Waals surface area contributed by atoms with Crippen LogP contribution < -0.4 is 4.74 Å². The molecule has 0 aliphatic carbocycles. The summed E-state index contributed by atoms with van der Waals surface area (Å²) in [4.78, 5) is 43.5. The van der Waals surface area contributed by atoms with Crippen molar-refractivity contribution in [3.05, 3.63) is 77.1 Å². The summed E-state index contributed by atoms with van der Waals surface area (Å²) in [5.41, 5.74) is -0.187. The Morgan fingerprint density at radius 1 is 1.00 bits per heavy atom. The second-order valence-corrected chi connectivity index (χ2v) is 9.47. The standard InChI is InChI=1S/C26H24ClFN2O7/c27-18-3-1-17(2-4-18)21(34-20-7-5-19(28)6-8-20)11-14-29-15-12-26(13-16-29)24-30(25(33)36-26)37-23(32)10-9-22(31)35-24/h1-10,21,24H,11-16H2/b10-9+/t21-,24?/m0/s1. The van der Waals surface area contributed by atoms with Gasteiger partial charge in [0.2, 0.25) is 0 Å². The Morgan fingerprint density at radius 3 is 2.38 bits per heavy atom. The zero-order valence-electron chi connectivity index (χ0n) is 19.7. The number of fused-ring (bicyclic) bond motifs is 2. The zero-order valence-corrected chi connectivity index (χ0v) is 20.4. The molecule has 0 N–H and O–H groups in total. The smallest absolute Gasteiger partial charge is 0.447 e. The van der Waals surface area contributed by atoms with Crippen LogP contribution in [0.1, 0.15) is 30.9 Å². The highest BCUT2D eigenvalue weighted by atomic mass is 35.5. The number of likely N-dealkylation sites (tertiary alicyclic amines) is 1. The Bertz CT molecular complexity index is 1200. The van der Waals surface area contributed by atoms with E-state index in [0.29, 0.717) is 54.7 Å². The summed E-state index contributed by atoms with van der Waals surface area (Å²) in [5, 5.41) is 1.31. The minimum absolute atomic E-state index is 0.309. The number of esters is 1. The van der Waals surface area contributed by atoms with Gasteiger partial charge in [-0.15, -0.1) is 0 Å². The maximum atomic E-state index is 13.4. The van der Waals surface area contributed by atoms with E-state index in [2.05, 4.69) is 4.90 Å². The number of hydroxylamine groups is 2. The lowest BCUT2D eigenvalue weighted by Gasteiger charge is -2.40. The number of carbonyl (C=O) groups is 3. The third kappa shape index (κ3) is 5.55. The SMILES string of the molecule is O=C1/C=C/C(=O)ON2C(=O)OC3(CCN(CC[C@H](Oc4ccc(F)cc4)c4ccc(Cl)cc4)CC3)C2O1. The molecule has 2 aromatic rings. The van der Waals surface area contributed by atoms with Crippen LogP contribution in [0.4, 0.5) is 9.18 Å². The number of benzene rings is 2. The van der Waals surface area contributed by atoms with Crippen LogP contribution in [0.3, 0.4) is 0 Å². The molecule has 3 heterocycles. The van der Waals surface area contributed by atoms with Crippen molar-refractivity contribution in [1.82, 2.24) is 9.96 Å². The van der Waals surface area contributed by atoms with E-state index in [4.69, 9.17) is 30.6 Å². The molecule has 2 aromatic carbocycles. The molecule has 0 radical (unpaired) electrons. The molecule has 0 aromatic heterocycles. The Hall–Kier alpha value is -3.63. The van der Waals surface area contributed by atoms with E-state index in [1.54, 1.807) is 24.3 Å². The second kappa shape index (κ2) is 10.4. The van der Waals surface area contributed by atoms with E-state index in [1.165, 1.54) is 12.1 Å².